The Kier molecular flexibility index (Phi) is 5.43. The summed E-state index contributed by atoms with van der Waals surface area (Å²) in [6, 6.07) is 5.82. The molecule has 0 aliphatic carbocycles. The maximum atomic E-state index is 12.5. The number of urea groups is 1. The van der Waals surface area contributed by atoms with Crippen LogP contribution in [0.4, 0.5) is 4.79 Å². The molecule has 26 heavy (non-hydrogen) atoms. The number of amides is 2. The number of rotatable bonds is 7. The zero-order valence-corrected chi connectivity index (χ0v) is 14.6. The molecule has 0 saturated heterocycles. The van der Waals surface area contributed by atoms with E-state index in [0.29, 0.717) is 17.0 Å². The van der Waals surface area contributed by atoms with Gasteiger partial charge in [0.2, 0.25) is 0 Å². The number of esters is 1. The smallest absolute Gasteiger partial charge is 0.338 e. The van der Waals surface area contributed by atoms with Crippen molar-refractivity contribution in [2.24, 2.45) is 0 Å². The van der Waals surface area contributed by atoms with E-state index in [-0.39, 0.29) is 19.2 Å². The molecule has 0 bridgehead atoms. The predicted molar refractivity (Wildman–Crippen MR) is 91.9 cm³/mol. The van der Waals surface area contributed by atoms with Gasteiger partial charge in [-0.15, -0.1) is 0 Å². The van der Waals surface area contributed by atoms with Crippen LogP contribution in [0.2, 0.25) is 0 Å². The maximum Gasteiger partial charge on any atom is 0.338 e. The molecule has 138 valence electrons. The zero-order valence-electron chi connectivity index (χ0n) is 14.6. The molecule has 3 heterocycles. The normalized spacial score (nSPS) is 18.2. The summed E-state index contributed by atoms with van der Waals surface area (Å²) in [5.41, 5.74) is 0.743. The molecular weight excluding hydrogens is 338 g/mol. The topological polar surface area (TPSA) is 106 Å². The van der Waals surface area contributed by atoms with Crippen LogP contribution >= 0.6 is 0 Å². The molecule has 0 spiro atoms. The van der Waals surface area contributed by atoms with Crippen molar-refractivity contribution in [2.75, 3.05) is 13.2 Å². The molecule has 8 heteroatoms. The van der Waals surface area contributed by atoms with E-state index in [1.54, 1.807) is 31.4 Å². The van der Waals surface area contributed by atoms with Crippen molar-refractivity contribution in [3.63, 3.8) is 0 Å². The lowest BCUT2D eigenvalue weighted by molar-refractivity contribution is -0.139. The highest BCUT2D eigenvalue weighted by Crippen LogP contribution is 2.28. The molecule has 1 aliphatic heterocycles. The Balaban J connectivity index is 1.88. The zero-order chi connectivity index (χ0) is 18.5. The summed E-state index contributed by atoms with van der Waals surface area (Å²) >= 11 is 0. The number of nitrogens with one attached hydrogen (secondary N) is 3. The van der Waals surface area contributed by atoms with Gasteiger partial charge in [-0.2, -0.15) is 0 Å². The third-order valence-corrected chi connectivity index (χ3v) is 4.03. The molecule has 0 unspecified atom stereocenters. The van der Waals surface area contributed by atoms with Gasteiger partial charge in [0.25, 0.3) is 0 Å². The molecule has 2 aromatic heterocycles. The highest BCUT2D eigenvalue weighted by Gasteiger charge is 2.35. The third kappa shape index (κ3) is 3.80. The van der Waals surface area contributed by atoms with E-state index < -0.39 is 18.0 Å². The van der Waals surface area contributed by atoms with Gasteiger partial charge in [-0.05, 0) is 38.1 Å². The molecule has 1 aliphatic rings. The first-order valence-electron chi connectivity index (χ1n) is 8.38. The van der Waals surface area contributed by atoms with Crippen LogP contribution in [0.5, 0.6) is 0 Å². The van der Waals surface area contributed by atoms with E-state index >= 15 is 0 Å². The summed E-state index contributed by atoms with van der Waals surface area (Å²) in [5.74, 6) is 0.703. The largest absolute Gasteiger partial charge is 0.468 e. The monoisotopic (exact) mass is 359 g/mol. The fourth-order valence-corrected chi connectivity index (χ4v) is 2.77. The van der Waals surface area contributed by atoms with Crippen LogP contribution in [0.1, 0.15) is 37.5 Å². The molecule has 2 amide bonds. The van der Waals surface area contributed by atoms with E-state index in [9.17, 15) is 9.59 Å². The molecule has 8 nitrogen and oxygen atoms in total. The minimum Gasteiger partial charge on any atom is -0.468 e. The molecule has 2 aromatic rings. The first kappa shape index (κ1) is 17.8. The fourth-order valence-electron chi connectivity index (χ4n) is 2.77. The molecule has 0 saturated carbocycles. The van der Waals surface area contributed by atoms with Crippen LogP contribution in [-0.2, 0) is 9.53 Å². The Labute approximate surface area is 150 Å². The van der Waals surface area contributed by atoms with Gasteiger partial charge < -0.3 is 29.5 Å². The number of carbonyl (C=O) groups excluding carboxylic acids is 2. The number of carbonyl (C=O) groups is 2. The van der Waals surface area contributed by atoms with Crippen LogP contribution < -0.4 is 16.0 Å². The van der Waals surface area contributed by atoms with Gasteiger partial charge in [0.1, 0.15) is 17.6 Å². The van der Waals surface area contributed by atoms with Gasteiger partial charge in [-0.1, -0.05) is 0 Å². The highest BCUT2D eigenvalue weighted by molar-refractivity contribution is 5.95. The van der Waals surface area contributed by atoms with Crippen LogP contribution in [0.3, 0.4) is 0 Å². The standard InChI is InChI=1S/C18H21N3O5/c1-3-24-17(22)15-12(10-19-11(2)13-6-4-8-25-13)20-18(23)21-16(15)14-7-5-9-26-14/h4-9,11,16,19H,3,10H2,1-2H3,(H2,20,21,23)/t11-,16-/m0/s1. The average molecular weight is 359 g/mol. The van der Waals surface area contributed by atoms with E-state index in [2.05, 4.69) is 16.0 Å². The summed E-state index contributed by atoms with van der Waals surface area (Å²) < 4.78 is 15.9. The Morgan fingerprint density at radius 2 is 2.08 bits per heavy atom. The minimum atomic E-state index is -0.714. The van der Waals surface area contributed by atoms with Crippen LogP contribution in [0.25, 0.3) is 0 Å². The summed E-state index contributed by atoms with van der Waals surface area (Å²) in [7, 11) is 0. The lowest BCUT2D eigenvalue weighted by Gasteiger charge is -2.28. The Morgan fingerprint density at radius 1 is 1.31 bits per heavy atom. The predicted octanol–water partition coefficient (Wildman–Crippen LogP) is 2.39. The molecule has 2 atom stereocenters. The van der Waals surface area contributed by atoms with E-state index in [1.807, 2.05) is 13.0 Å². The summed E-state index contributed by atoms with van der Waals surface area (Å²) in [6.07, 6.45) is 3.08. The SMILES string of the molecule is CCOC(=O)C1=C(CN[C@@H](C)c2ccco2)NC(=O)N[C@H]1c1ccco1. The molecule has 3 N–H and O–H groups in total. The second-order valence-corrected chi connectivity index (χ2v) is 5.78. The van der Waals surface area contributed by atoms with Crippen molar-refractivity contribution >= 4 is 12.0 Å². The first-order chi connectivity index (χ1) is 12.6. The number of furan rings is 2. The Bertz CT molecular complexity index is 780. The van der Waals surface area contributed by atoms with Crippen molar-refractivity contribution in [1.82, 2.24) is 16.0 Å². The van der Waals surface area contributed by atoms with Gasteiger partial charge in [-0.25, -0.2) is 9.59 Å². The van der Waals surface area contributed by atoms with Crippen molar-refractivity contribution in [2.45, 2.75) is 25.9 Å². The number of hydrogen-bond donors (Lipinski definition) is 3. The van der Waals surface area contributed by atoms with Crippen LogP contribution in [-0.4, -0.2) is 25.2 Å². The number of ether oxygens (including phenoxy) is 1. The van der Waals surface area contributed by atoms with Gasteiger partial charge in [-0.3, -0.25) is 0 Å². The van der Waals surface area contributed by atoms with Crippen molar-refractivity contribution in [3.8, 4) is 0 Å². The van der Waals surface area contributed by atoms with Gasteiger partial charge in [0.15, 0.2) is 0 Å². The van der Waals surface area contributed by atoms with E-state index in [1.165, 1.54) is 6.26 Å². The van der Waals surface area contributed by atoms with E-state index in [0.717, 1.165) is 5.76 Å². The quantitative estimate of drug-likeness (QED) is 0.656. The fraction of sp³-hybridized carbons (Fsp3) is 0.333. The van der Waals surface area contributed by atoms with Crippen molar-refractivity contribution in [3.05, 3.63) is 59.6 Å². The van der Waals surface area contributed by atoms with E-state index in [4.69, 9.17) is 13.6 Å². The molecule has 0 aromatic carbocycles. The van der Waals surface area contributed by atoms with Crippen LogP contribution in [0.15, 0.2) is 56.9 Å². The summed E-state index contributed by atoms with van der Waals surface area (Å²) in [4.78, 5) is 24.6. The lowest BCUT2D eigenvalue weighted by Crippen LogP contribution is -2.48. The van der Waals surface area contributed by atoms with Gasteiger partial charge in [0.05, 0.1) is 30.7 Å². The maximum absolute atomic E-state index is 12.5. The lowest BCUT2D eigenvalue weighted by atomic mass is 10.00. The van der Waals surface area contributed by atoms with Gasteiger partial charge >= 0.3 is 12.0 Å². The third-order valence-electron chi connectivity index (χ3n) is 4.03. The summed E-state index contributed by atoms with van der Waals surface area (Å²) in [6.45, 7) is 4.13. The van der Waals surface area contributed by atoms with Crippen molar-refractivity contribution < 1.29 is 23.2 Å². The molecule has 3 rings (SSSR count). The minimum absolute atomic E-state index is 0.102. The molecule has 0 fully saturated rings. The highest BCUT2D eigenvalue weighted by atomic mass is 16.5. The number of hydrogen-bond acceptors (Lipinski definition) is 6. The first-order valence-corrected chi connectivity index (χ1v) is 8.38. The Hall–Kier alpha value is -3.00. The van der Waals surface area contributed by atoms with Gasteiger partial charge in [0, 0.05) is 12.2 Å². The summed E-state index contributed by atoms with van der Waals surface area (Å²) in [5, 5.41) is 8.63. The second-order valence-electron chi connectivity index (χ2n) is 5.78. The molecule has 0 radical (unpaired) electrons. The molecular formula is C18H21N3O5. The Morgan fingerprint density at radius 3 is 2.73 bits per heavy atom. The average Bonchev–Trinajstić information content (AvgIpc) is 3.32. The van der Waals surface area contributed by atoms with Crippen molar-refractivity contribution in [1.29, 1.82) is 0 Å². The van der Waals surface area contributed by atoms with Crippen LogP contribution in [0, 0.1) is 0 Å². The second kappa shape index (κ2) is 7.92.